The summed E-state index contributed by atoms with van der Waals surface area (Å²) in [7, 11) is 0. The maximum atomic E-state index is 9.28. The molecule has 0 heterocycles. The molecule has 0 aliphatic rings. The topological polar surface area (TPSA) is 29.5 Å². The van der Waals surface area contributed by atoms with Gasteiger partial charge in [-0.1, -0.05) is 65.2 Å². The third-order valence-electron chi connectivity index (χ3n) is 3.17. The molecule has 0 saturated carbocycles. The Bertz CT molecular complexity index is 137. The molecule has 0 spiro atoms. The second-order valence-corrected chi connectivity index (χ2v) is 4.97. The minimum atomic E-state index is -0.270. The zero-order chi connectivity index (χ0) is 12.8. The van der Waals surface area contributed by atoms with E-state index in [4.69, 9.17) is 4.74 Å². The van der Waals surface area contributed by atoms with Gasteiger partial charge in [-0.2, -0.15) is 0 Å². The van der Waals surface area contributed by atoms with Crippen LogP contribution in [0.15, 0.2) is 0 Å². The fourth-order valence-electron chi connectivity index (χ4n) is 1.85. The standard InChI is InChI=1S/C15H32O2/c1-3-5-6-7-8-9-10-11-12-13-17-14-15(16)4-2/h15-16H,3-14H2,1-2H3. The predicted molar refractivity (Wildman–Crippen MR) is 74.3 cm³/mol. The van der Waals surface area contributed by atoms with E-state index in [1.807, 2.05) is 6.92 Å². The average molecular weight is 244 g/mol. The Morgan fingerprint density at radius 2 is 1.35 bits per heavy atom. The Morgan fingerprint density at radius 3 is 1.88 bits per heavy atom. The van der Waals surface area contributed by atoms with Crippen LogP contribution >= 0.6 is 0 Å². The van der Waals surface area contributed by atoms with Crippen molar-refractivity contribution in [3.8, 4) is 0 Å². The van der Waals surface area contributed by atoms with Crippen LogP contribution in [0.1, 0.15) is 78.1 Å². The molecule has 0 amide bonds. The lowest BCUT2D eigenvalue weighted by Crippen LogP contribution is -2.14. The summed E-state index contributed by atoms with van der Waals surface area (Å²) < 4.78 is 5.40. The zero-order valence-electron chi connectivity index (χ0n) is 11.9. The monoisotopic (exact) mass is 244 g/mol. The highest BCUT2D eigenvalue weighted by molar-refractivity contribution is 4.49. The van der Waals surface area contributed by atoms with E-state index >= 15 is 0 Å². The van der Waals surface area contributed by atoms with Crippen molar-refractivity contribution in [2.75, 3.05) is 13.2 Å². The van der Waals surface area contributed by atoms with Crippen LogP contribution in [-0.2, 0) is 4.74 Å². The van der Waals surface area contributed by atoms with Gasteiger partial charge in [-0.3, -0.25) is 0 Å². The fraction of sp³-hybridized carbons (Fsp3) is 1.00. The van der Waals surface area contributed by atoms with E-state index in [-0.39, 0.29) is 6.10 Å². The number of rotatable bonds is 13. The van der Waals surface area contributed by atoms with Crippen molar-refractivity contribution in [3.05, 3.63) is 0 Å². The van der Waals surface area contributed by atoms with Gasteiger partial charge in [-0.25, -0.2) is 0 Å². The first-order chi connectivity index (χ1) is 8.31. The van der Waals surface area contributed by atoms with Crippen molar-refractivity contribution in [3.63, 3.8) is 0 Å². The molecule has 0 aromatic carbocycles. The van der Waals surface area contributed by atoms with Gasteiger partial charge in [0.2, 0.25) is 0 Å². The summed E-state index contributed by atoms with van der Waals surface area (Å²) >= 11 is 0. The van der Waals surface area contributed by atoms with Crippen molar-refractivity contribution >= 4 is 0 Å². The van der Waals surface area contributed by atoms with Gasteiger partial charge in [0.15, 0.2) is 0 Å². The number of aliphatic hydroxyl groups excluding tert-OH is 1. The molecular weight excluding hydrogens is 212 g/mol. The Balaban J connectivity index is 2.94. The Morgan fingerprint density at radius 1 is 0.824 bits per heavy atom. The summed E-state index contributed by atoms with van der Waals surface area (Å²) in [6.07, 6.45) is 12.6. The van der Waals surface area contributed by atoms with Crippen molar-refractivity contribution < 1.29 is 9.84 Å². The largest absolute Gasteiger partial charge is 0.391 e. The van der Waals surface area contributed by atoms with Gasteiger partial charge in [0, 0.05) is 6.61 Å². The molecule has 17 heavy (non-hydrogen) atoms. The molecule has 0 aliphatic heterocycles. The van der Waals surface area contributed by atoms with Crippen LogP contribution in [0.4, 0.5) is 0 Å². The minimum Gasteiger partial charge on any atom is -0.391 e. The highest BCUT2D eigenvalue weighted by Crippen LogP contribution is 2.09. The summed E-state index contributed by atoms with van der Waals surface area (Å²) in [5.41, 5.74) is 0. The molecule has 2 nitrogen and oxygen atoms in total. The van der Waals surface area contributed by atoms with Gasteiger partial charge in [0.1, 0.15) is 0 Å². The van der Waals surface area contributed by atoms with Crippen molar-refractivity contribution in [2.45, 2.75) is 84.2 Å². The van der Waals surface area contributed by atoms with Gasteiger partial charge in [-0.05, 0) is 12.8 Å². The summed E-state index contributed by atoms with van der Waals surface area (Å²) in [5, 5.41) is 9.28. The van der Waals surface area contributed by atoms with Gasteiger partial charge in [-0.15, -0.1) is 0 Å². The molecule has 1 atom stereocenters. The number of hydrogen-bond acceptors (Lipinski definition) is 2. The molecular formula is C15H32O2. The fourth-order valence-corrected chi connectivity index (χ4v) is 1.85. The van der Waals surface area contributed by atoms with Crippen LogP contribution in [0, 0.1) is 0 Å². The lowest BCUT2D eigenvalue weighted by atomic mass is 10.1. The van der Waals surface area contributed by atoms with Crippen molar-refractivity contribution in [1.29, 1.82) is 0 Å². The molecule has 104 valence electrons. The van der Waals surface area contributed by atoms with E-state index in [9.17, 15) is 5.11 Å². The highest BCUT2D eigenvalue weighted by atomic mass is 16.5. The highest BCUT2D eigenvalue weighted by Gasteiger charge is 1.99. The number of ether oxygens (including phenoxy) is 1. The molecule has 1 unspecified atom stereocenters. The van der Waals surface area contributed by atoms with E-state index in [0.717, 1.165) is 19.4 Å². The Kier molecular flexibility index (Phi) is 13.9. The average Bonchev–Trinajstić information content (AvgIpc) is 2.35. The lowest BCUT2D eigenvalue weighted by molar-refractivity contribution is 0.0335. The maximum absolute atomic E-state index is 9.28. The number of hydrogen-bond donors (Lipinski definition) is 1. The summed E-state index contributed by atoms with van der Waals surface area (Å²) in [5.74, 6) is 0. The normalized spacial score (nSPS) is 12.9. The smallest absolute Gasteiger partial charge is 0.0771 e. The van der Waals surface area contributed by atoms with E-state index in [0.29, 0.717) is 6.61 Å². The first-order valence-corrected chi connectivity index (χ1v) is 7.57. The van der Waals surface area contributed by atoms with Gasteiger partial charge < -0.3 is 9.84 Å². The van der Waals surface area contributed by atoms with E-state index < -0.39 is 0 Å². The summed E-state index contributed by atoms with van der Waals surface area (Å²) in [6.45, 7) is 5.56. The third kappa shape index (κ3) is 13.9. The quantitative estimate of drug-likeness (QED) is 0.489. The number of aliphatic hydroxyl groups is 1. The van der Waals surface area contributed by atoms with E-state index in [2.05, 4.69) is 6.92 Å². The summed E-state index contributed by atoms with van der Waals surface area (Å²) in [4.78, 5) is 0. The first-order valence-electron chi connectivity index (χ1n) is 7.57. The van der Waals surface area contributed by atoms with Crippen LogP contribution in [-0.4, -0.2) is 24.4 Å². The van der Waals surface area contributed by atoms with Crippen LogP contribution in [0.3, 0.4) is 0 Å². The molecule has 0 radical (unpaired) electrons. The van der Waals surface area contributed by atoms with Crippen LogP contribution in [0.2, 0.25) is 0 Å². The van der Waals surface area contributed by atoms with Crippen LogP contribution < -0.4 is 0 Å². The second-order valence-electron chi connectivity index (χ2n) is 4.97. The first kappa shape index (κ1) is 16.9. The molecule has 1 N–H and O–H groups in total. The van der Waals surface area contributed by atoms with E-state index in [1.165, 1.54) is 51.4 Å². The lowest BCUT2D eigenvalue weighted by Gasteiger charge is -2.08. The van der Waals surface area contributed by atoms with E-state index in [1.54, 1.807) is 0 Å². The number of unbranched alkanes of at least 4 members (excludes halogenated alkanes) is 8. The maximum Gasteiger partial charge on any atom is 0.0771 e. The van der Waals surface area contributed by atoms with Gasteiger partial charge in [0.05, 0.1) is 12.7 Å². The molecule has 0 aliphatic carbocycles. The molecule has 0 saturated heterocycles. The molecule has 0 bridgehead atoms. The van der Waals surface area contributed by atoms with Crippen LogP contribution in [0.25, 0.3) is 0 Å². The van der Waals surface area contributed by atoms with Crippen molar-refractivity contribution in [1.82, 2.24) is 0 Å². The van der Waals surface area contributed by atoms with Gasteiger partial charge in [0.25, 0.3) is 0 Å². The molecule has 0 rings (SSSR count). The zero-order valence-corrected chi connectivity index (χ0v) is 11.9. The van der Waals surface area contributed by atoms with Gasteiger partial charge >= 0.3 is 0 Å². The molecule has 2 heteroatoms. The third-order valence-corrected chi connectivity index (χ3v) is 3.17. The summed E-state index contributed by atoms with van der Waals surface area (Å²) in [6, 6.07) is 0. The van der Waals surface area contributed by atoms with Crippen molar-refractivity contribution in [2.24, 2.45) is 0 Å². The second kappa shape index (κ2) is 14.0. The predicted octanol–water partition coefficient (Wildman–Crippen LogP) is 4.30. The minimum absolute atomic E-state index is 0.270. The molecule has 0 aromatic rings. The Hall–Kier alpha value is -0.0800. The molecule has 0 aromatic heterocycles. The SMILES string of the molecule is CCCCCCCCCCCOCC(O)CC. The van der Waals surface area contributed by atoms with Crippen LogP contribution in [0.5, 0.6) is 0 Å². The molecule has 0 fully saturated rings. The Labute approximate surface area is 108 Å².